The van der Waals surface area contributed by atoms with Crippen LogP contribution in [0.25, 0.3) is 10.9 Å². The van der Waals surface area contributed by atoms with Crippen molar-refractivity contribution in [2.75, 3.05) is 41.3 Å². The van der Waals surface area contributed by atoms with Crippen molar-refractivity contribution in [1.82, 2.24) is 9.97 Å². The summed E-state index contributed by atoms with van der Waals surface area (Å²) in [5.41, 5.74) is 2.18. The maximum Gasteiger partial charge on any atom is 0.228 e. The van der Waals surface area contributed by atoms with Crippen molar-refractivity contribution in [3.63, 3.8) is 0 Å². The minimum Gasteiger partial charge on any atom is -0.368 e. The topological polar surface area (TPSA) is 44.3 Å². The fraction of sp³-hybridized carbons (Fsp3) is 0.333. The predicted octanol–water partition coefficient (Wildman–Crippen LogP) is 4.18. The number of hydrogen-bond donors (Lipinski definition) is 1. The molecule has 0 bridgehead atoms. The van der Waals surface area contributed by atoms with Crippen LogP contribution in [0, 0.1) is 0 Å². The molecule has 0 atom stereocenters. The number of aromatic nitrogens is 2. The van der Waals surface area contributed by atoms with Gasteiger partial charge in [0, 0.05) is 48.3 Å². The summed E-state index contributed by atoms with van der Waals surface area (Å²) in [6.07, 6.45) is 2.46. The summed E-state index contributed by atoms with van der Waals surface area (Å²) in [4.78, 5) is 14.4. The molecule has 1 saturated heterocycles. The molecule has 1 aliphatic carbocycles. The SMILES string of the molecule is Clc1cccc(N2CCN(c3nc(NC4CC4)c4ccccc4n3)CC2)c1. The Balaban J connectivity index is 1.38. The number of rotatable bonds is 4. The highest BCUT2D eigenvalue weighted by molar-refractivity contribution is 6.30. The van der Waals surface area contributed by atoms with Crippen molar-refractivity contribution in [2.24, 2.45) is 0 Å². The van der Waals surface area contributed by atoms with Gasteiger partial charge in [-0.1, -0.05) is 29.8 Å². The largest absolute Gasteiger partial charge is 0.368 e. The summed E-state index contributed by atoms with van der Waals surface area (Å²) in [6, 6.07) is 16.9. The summed E-state index contributed by atoms with van der Waals surface area (Å²) in [5, 5.41) is 5.46. The van der Waals surface area contributed by atoms with E-state index >= 15 is 0 Å². The first-order chi connectivity index (χ1) is 13.3. The number of halogens is 1. The summed E-state index contributed by atoms with van der Waals surface area (Å²) in [7, 11) is 0. The molecule has 1 N–H and O–H groups in total. The Bertz CT molecular complexity index is 964. The molecule has 5 nitrogen and oxygen atoms in total. The van der Waals surface area contributed by atoms with E-state index in [4.69, 9.17) is 21.6 Å². The van der Waals surface area contributed by atoms with Crippen LogP contribution in [0.4, 0.5) is 17.5 Å². The van der Waals surface area contributed by atoms with E-state index in [1.54, 1.807) is 0 Å². The van der Waals surface area contributed by atoms with Crippen LogP contribution in [-0.4, -0.2) is 42.2 Å². The van der Waals surface area contributed by atoms with Crippen LogP contribution in [-0.2, 0) is 0 Å². The van der Waals surface area contributed by atoms with Crippen LogP contribution in [0.5, 0.6) is 0 Å². The number of fused-ring (bicyclic) bond motifs is 1. The van der Waals surface area contributed by atoms with Crippen LogP contribution >= 0.6 is 11.6 Å². The third kappa shape index (κ3) is 3.52. The van der Waals surface area contributed by atoms with Crippen molar-refractivity contribution < 1.29 is 0 Å². The van der Waals surface area contributed by atoms with E-state index in [2.05, 4.69) is 33.3 Å². The number of nitrogens with zero attached hydrogens (tertiary/aromatic N) is 4. The molecule has 0 spiro atoms. The first-order valence-corrected chi connectivity index (χ1v) is 9.93. The number of piperazine rings is 1. The first kappa shape index (κ1) is 16.6. The van der Waals surface area contributed by atoms with Gasteiger partial charge < -0.3 is 15.1 Å². The van der Waals surface area contributed by atoms with Gasteiger partial charge in [-0.15, -0.1) is 0 Å². The molecule has 1 aromatic heterocycles. The molecule has 0 amide bonds. The summed E-state index contributed by atoms with van der Waals surface area (Å²) in [5.74, 6) is 1.79. The van der Waals surface area contributed by atoms with E-state index in [1.807, 2.05) is 30.3 Å². The van der Waals surface area contributed by atoms with Crippen LogP contribution in [0.15, 0.2) is 48.5 Å². The third-order valence-corrected chi connectivity index (χ3v) is 5.48. The third-order valence-electron chi connectivity index (χ3n) is 5.25. The number of nitrogens with one attached hydrogen (secondary N) is 1. The van der Waals surface area contributed by atoms with Gasteiger partial charge in [0.15, 0.2) is 0 Å². The lowest BCUT2D eigenvalue weighted by Gasteiger charge is -2.36. The molecule has 0 unspecified atom stereocenters. The Morgan fingerprint density at radius 1 is 0.889 bits per heavy atom. The lowest BCUT2D eigenvalue weighted by Crippen LogP contribution is -2.47. The number of para-hydroxylation sites is 1. The minimum absolute atomic E-state index is 0.566. The average molecular weight is 380 g/mol. The summed E-state index contributed by atoms with van der Waals surface area (Å²) < 4.78 is 0. The fourth-order valence-electron chi connectivity index (χ4n) is 3.57. The zero-order chi connectivity index (χ0) is 18.2. The highest BCUT2D eigenvalue weighted by atomic mass is 35.5. The highest BCUT2D eigenvalue weighted by Gasteiger charge is 2.24. The minimum atomic E-state index is 0.566. The van der Waals surface area contributed by atoms with Gasteiger partial charge in [0.2, 0.25) is 5.95 Å². The zero-order valence-electron chi connectivity index (χ0n) is 15.1. The van der Waals surface area contributed by atoms with Crippen LogP contribution in [0.1, 0.15) is 12.8 Å². The van der Waals surface area contributed by atoms with Gasteiger partial charge in [0.25, 0.3) is 0 Å². The van der Waals surface area contributed by atoms with Crippen molar-refractivity contribution >= 4 is 40.0 Å². The van der Waals surface area contributed by atoms with Crippen molar-refractivity contribution in [3.05, 3.63) is 53.6 Å². The maximum absolute atomic E-state index is 6.14. The first-order valence-electron chi connectivity index (χ1n) is 9.55. The van der Waals surface area contributed by atoms with Gasteiger partial charge in [-0.2, -0.15) is 4.98 Å². The van der Waals surface area contributed by atoms with E-state index in [9.17, 15) is 0 Å². The Morgan fingerprint density at radius 3 is 2.44 bits per heavy atom. The van der Waals surface area contributed by atoms with Crippen molar-refractivity contribution in [3.8, 4) is 0 Å². The molecular weight excluding hydrogens is 358 g/mol. The van der Waals surface area contributed by atoms with E-state index in [0.29, 0.717) is 6.04 Å². The number of hydrogen-bond acceptors (Lipinski definition) is 5. The molecule has 2 aliphatic rings. The van der Waals surface area contributed by atoms with Gasteiger partial charge in [0.05, 0.1) is 5.52 Å². The second kappa shape index (κ2) is 6.89. The molecule has 138 valence electrons. The summed E-state index contributed by atoms with van der Waals surface area (Å²) in [6.45, 7) is 3.66. The molecule has 1 aliphatic heterocycles. The Hall–Kier alpha value is -2.53. The maximum atomic E-state index is 6.14. The van der Waals surface area contributed by atoms with Crippen molar-refractivity contribution in [2.45, 2.75) is 18.9 Å². The van der Waals surface area contributed by atoms with E-state index in [1.165, 1.54) is 18.5 Å². The molecular formula is C21H22ClN5. The fourth-order valence-corrected chi connectivity index (χ4v) is 3.76. The molecule has 5 rings (SSSR count). The van der Waals surface area contributed by atoms with Gasteiger partial charge in [-0.3, -0.25) is 0 Å². The Morgan fingerprint density at radius 2 is 1.67 bits per heavy atom. The monoisotopic (exact) mass is 379 g/mol. The highest BCUT2D eigenvalue weighted by Crippen LogP contribution is 2.30. The standard InChI is InChI=1S/C21H22ClN5/c22-15-4-3-5-17(14-15)26-10-12-27(13-11-26)21-24-19-7-2-1-6-18(19)20(25-21)23-16-8-9-16/h1-7,14,16H,8-13H2,(H,23,24,25). The second-order valence-corrected chi connectivity index (χ2v) is 7.70. The average Bonchev–Trinajstić information content (AvgIpc) is 3.52. The second-order valence-electron chi connectivity index (χ2n) is 7.26. The van der Waals surface area contributed by atoms with Gasteiger partial charge >= 0.3 is 0 Å². The van der Waals surface area contributed by atoms with E-state index < -0.39 is 0 Å². The van der Waals surface area contributed by atoms with Crippen molar-refractivity contribution in [1.29, 1.82) is 0 Å². The molecule has 1 saturated carbocycles. The van der Waals surface area contributed by atoms with Crippen LogP contribution < -0.4 is 15.1 Å². The molecule has 6 heteroatoms. The van der Waals surface area contributed by atoms with E-state index in [0.717, 1.165) is 53.9 Å². The molecule has 2 aromatic carbocycles. The van der Waals surface area contributed by atoms with Crippen LogP contribution in [0.3, 0.4) is 0 Å². The molecule has 2 fully saturated rings. The lowest BCUT2D eigenvalue weighted by atomic mass is 10.2. The van der Waals surface area contributed by atoms with Gasteiger partial charge in [0.1, 0.15) is 5.82 Å². The molecule has 27 heavy (non-hydrogen) atoms. The Kier molecular flexibility index (Phi) is 4.24. The number of benzene rings is 2. The van der Waals surface area contributed by atoms with Crippen LogP contribution in [0.2, 0.25) is 5.02 Å². The van der Waals surface area contributed by atoms with Gasteiger partial charge in [-0.05, 0) is 43.2 Å². The quantitative estimate of drug-likeness (QED) is 0.736. The lowest BCUT2D eigenvalue weighted by molar-refractivity contribution is 0.641. The predicted molar refractivity (Wildman–Crippen MR) is 112 cm³/mol. The molecule has 3 aromatic rings. The zero-order valence-corrected chi connectivity index (χ0v) is 15.9. The normalized spacial score (nSPS) is 17.4. The molecule has 0 radical (unpaired) electrons. The molecule has 2 heterocycles. The number of anilines is 3. The van der Waals surface area contributed by atoms with E-state index in [-0.39, 0.29) is 0 Å². The summed E-state index contributed by atoms with van der Waals surface area (Å²) >= 11 is 6.14. The van der Waals surface area contributed by atoms with Gasteiger partial charge in [-0.25, -0.2) is 4.98 Å². The Labute approximate surface area is 164 Å². The smallest absolute Gasteiger partial charge is 0.228 e.